The minimum absolute atomic E-state index is 0.204. The van der Waals surface area contributed by atoms with Crippen molar-refractivity contribution in [3.05, 3.63) is 126 Å². The van der Waals surface area contributed by atoms with Crippen molar-refractivity contribution < 1.29 is 9.53 Å². The van der Waals surface area contributed by atoms with Gasteiger partial charge in [0.25, 0.3) is 0 Å². The summed E-state index contributed by atoms with van der Waals surface area (Å²) in [7, 11) is 0. The molecule has 4 aromatic carbocycles. The van der Waals surface area contributed by atoms with E-state index in [2.05, 4.69) is 116 Å². The molecular weight excluding hydrogens is 430 g/mol. The van der Waals surface area contributed by atoms with Gasteiger partial charge in [0.2, 0.25) is 0 Å². The molecule has 0 amide bonds. The molecule has 0 radical (unpaired) electrons. The Kier molecular flexibility index (Phi) is 7.79. The lowest BCUT2D eigenvalue weighted by Crippen LogP contribution is -2.10. The summed E-state index contributed by atoms with van der Waals surface area (Å²) in [5, 5.41) is 0. The van der Waals surface area contributed by atoms with Crippen LogP contribution in [0.4, 0.5) is 17.1 Å². The first kappa shape index (κ1) is 24.0. The first-order chi connectivity index (χ1) is 17.0. The van der Waals surface area contributed by atoms with Gasteiger partial charge in [0, 0.05) is 23.5 Å². The van der Waals surface area contributed by atoms with Crippen LogP contribution < -0.4 is 4.90 Å². The maximum atomic E-state index is 11.8. The fraction of sp³-hybridized carbons (Fsp3) is 0.156. The zero-order chi connectivity index (χ0) is 24.6. The van der Waals surface area contributed by atoms with Gasteiger partial charge in [-0.15, -0.1) is 0 Å². The van der Waals surface area contributed by atoms with Crippen LogP contribution in [0.3, 0.4) is 0 Å². The van der Waals surface area contributed by atoms with Crippen molar-refractivity contribution in [1.82, 2.24) is 0 Å². The zero-order valence-electron chi connectivity index (χ0n) is 20.4. The highest BCUT2D eigenvalue weighted by atomic mass is 16.5. The van der Waals surface area contributed by atoms with E-state index >= 15 is 0 Å². The monoisotopic (exact) mass is 461 g/mol. The lowest BCUT2D eigenvalue weighted by molar-refractivity contribution is -0.142. The molecule has 0 aliphatic carbocycles. The number of esters is 1. The normalized spacial score (nSPS) is 10.6. The summed E-state index contributed by atoms with van der Waals surface area (Å²) in [6, 6.07) is 34.0. The minimum Gasteiger partial charge on any atom is -0.461 e. The molecule has 176 valence electrons. The predicted molar refractivity (Wildman–Crippen MR) is 146 cm³/mol. The van der Waals surface area contributed by atoms with Crippen molar-refractivity contribution in [2.75, 3.05) is 11.5 Å². The van der Waals surface area contributed by atoms with Gasteiger partial charge in [-0.05, 0) is 84.5 Å². The summed E-state index contributed by atoms with van der Waals surface area (Å²) in [6.45, 7) is 8.11. The van der Waals surface area contributed by atoms with E-state index in [0.29, 0.717) is 12.8 Å². The molecule has 3 heteroatoms. The van der Waals surface area contributed by atoms with E-state index in [9.17, 15) is 4.79 Å². The molecule has 0 unspecified atom stereocenters. The smallest absolute Gasteiger partial charge is 0.306 e. The van der Waals surface area contributed by atoms with E-state index in [0.717, 1.165) is 22.6 Å². The third kappa shape index (κ3) is 6.07. The third-order valence-electron chi connectivity index (χ3n) is 6.16. The Balaban J connectivity index is 1.62. The summed E-state index contributed by atoms with van der Waals surface area (Å²) in [6.07, 6.45) is 2.58. The van der Waals surface area contributed by atoms with Crippen LogP contribution in [0.25, 0.3) is 11.1 Å². The average molecular weight is 462 g/mol. The molecule has 0 saturated heterocycles. The molecule has 4 aromatic rings. The van der Waals surface area contributed by atoms with Crippen molar-refractivity contribution >= 4 is 23.0 Å². The van der Waals surface area contributed by atoms with Crippen molar-refractivity contribution in [2.45, 2.75) is 26.7 Å². The predicted octanol–water partition coefficient (Wildman–Crippen LogP) is 8.10. The van der Waals surface area contributed by atoms with Crippen LogP contribution in [0, 0.1) is 13.8 Å². The number of hydrogen-bond acceptors (Lipinski definition) is 3. The average Bonchev–Trinajstić information content (AvgIpc) is 2.90. The summed E-state index contributed by atoms with van der Waals surface area (Å²) < 4.78 is 5.09. The van der Waals surface area contributed by atoms with Gasteiger partial charge in [0.1, 0.15) is 6.61 Å². The molecule has 4 rings (SSSR count). The molecule has 0 aliphatic rings. The summed E-state index contributed by atoms with van der Waals surface area (Å²) >= 11 is 0. The second-order valence-corrected chi connectivity index (χ2v) is 8.66. The summed E-state index contributed by atoms with van der Waals surface area (Å²) in [5.74, 6) is -0.204. The van der Waals surface area contributed by atoms with E-state index in [1.807, 2.05) is 6.07 Å². The molecule has 0 aromatic heterocycles. The highest BCUT2D eigenvalue weighted by molar-refractivity contribution is 5.79. The Morgan fingerprint density at radius 2 is 1.37 bits per heavy atom. The molecule has 0 spiro atoms. The maximum absolute atomic E-state index is 11.8. The quantitative estimate of drug-likeness (QED) is 0.186. The molecule has 0 fully saturated rings. The molecule has 0 atom stereocenters. The van der Waals surface area contributed by atoms with Crippen LogP contribution in [-0.4, -0.2) is 12.6 Å². The van der Waals surface area contributed by atoms with Gasteiger partial charge in [-0.25, -0.2) is 0 Å². The Morgan fingerprint density at radius 3 is 2.00 bits per heavy atom. The number of aryl methyl sites for hydroxylation is 3. The maximum Gasteiger partial charge on any atom is 0.306 e. The van der Waals surface area contributed by atoms with Crippen molar-refractivity contribution in [3.8, 4) is 11.1 Å². The van der Waals surface area contributed by atoms with Gasteiger partial charge < -0.3 is 9.64 Å². The van der Waals surface area contributed by atoms with Crippen molar-refractivity contribution in [1.29, 1.82) is 0 Å². The lowest BCUT2D eigenvalue weighted by atomic mass is 10.0. The first-order valence-electron chi connectivity index (χ1n) is 11.9. The van der Waals surface area contributed by atoms with Crippen LogP contribution in [-0.2, 0) is 16.0 Å². The zero-order valence-corrected chi connectivity index (χ0v) is 20.4. The van der Waals surface area contributed by atoms with Crippen molar-refractivity contribution in [2.24, 2.45) is 0 Å². The number of benzene rings is 4. The Bertz CT molecular complexity index is 1280. The minimum atomic E-state index is -0.204. The summed E-state index contributed by atoms with van der Waals surface area (Å²) in [4.78, 5) is 14.1. The Labute approximate surface area is 208 Å². The van der Waals surface area contributed by atoms with E-state index in [-0.39, 0.29) is 12.6 Å². The molecule has 0 saturated carbocycles. The van der Waals surface area contributed by atoms with Crippen molar-refractivity contribution in [3.63, 3.8) is 0 Å². The SMILES string of the molecule is C=CCOC(=O)CCc1ccc(N(c2ccc(-c3ccccc3)cc2)c2ccc(C)c(C)c2)cc1. The number of carbonyl (C=O) groups is 1. The highest BCUT2D eigenvalue weighted by Crippen LogP contribution is 2.36. The Morgan fingerprint density at radius 1 is 0.771 bits per heavy atom. The van der Waals surface area contributed by atoms with Crippen LogP contribution in [0.5, 0.6) is 0 Å². The van der Waals surface area contributed by atoms with Crippen LogP contribution in [0.15, 0.2) is 110 Å². The number of anilines is 3. The van der Waals surface area contributed by atoms with E-state index in [4.69, 9.17) is 4.74 Å². The number of hydrogen-bond donors (Lipinski definition) is 0. The third-order valence-corrected chi connectivity index (χ3v) is 6.16. The number of rotatable bonds is 9. The van der Waals surface area contributed by atoms with Gasteiger partial charge >= 0.3 is 5.97 Å². The fourth-order valence-electron chi connectivity index (χ4n) is 4.03. The van der Waals surface area contributed by atoms with E-state index in [1.165, 1.54) is 22.3 Å². The molecule has 3 nitrogen and oxygen atoms in total. The van der Waals surface area contributed by atoms with Gasteiger partial charge in [-0.2, -0.15) is 0 Å². The van der Waals surface area contributed by atoms with E-state index < -0.39 is 0 Å². The summed E-state index contributed by atoms with van der Waals surface area (Å²) in [5.41, 5.74) is 9.29. The molecule has 0 bridgehead atoms. The van der Waals surface area contributed by atoms with Gasteiger partial charge in [-0.3, -0.25) is 4.79 Å². The number of ether oxygens (including phenoxy) is 1. The van der Waals surface area contributed by atoms with Crippen LogP contribution in [0.1, 0.15) is 23.1 Å². The molecule has 0 heterocycles. The van der Waals surface area contributed by atoms with E-state index in [1.54, 1.807) is 6.08 Å². The first-order valence-corrected chi connectivity index (χ1v) is 11.9. The molecule has 0 N–H and O–H groups in total. The second kappa shape index (κ2) is 11.3. The fourth-order valence-corrected chi connectivity index (χ4v) is 4.03. The van der Waals surface area contributed by atoms with Gasteiger partial charge in [0.15, 0.2) is 0 Å². The number of carbonyl (C=O) groups excluding carboxylic acids is 1. The number of nitrogens with zero attached hydrogens (tertiary/aromatic N) is 1. The Hall–Kier alpha value is -4.11. The molecule has 35 heavy (non-hydrogen) atoms. The second-order valence-electron chi connectivity index (χ2n) is 8.66. The van der Waals surface area contributed by atoms with Gasteiger partial charge in [0.05, 0.1) is 0 Å². The largest absolute Gasteiger partial charge is 0.461 e. The standard InChI is InChI=1S/C32H31NO2/c1-4-22-35-32(34)21-13-26-11-17-29(18-12-26)33(31-16-10-24(2)25(3)23-31)30-19-14-28(15-20-30)27-8-6-5-7-9-27/h4-12,14-20,23H,1,13,21-22H2,2-3H3. The van der Waals surface area contributed by atoms with Crippen LogP contribution >= 0.6 is 0 Å². The topological polar surface area (TPSA) is 29.5 Å². The molecular formula is C32H31NO2. The lowest BCUT2D eigenvalue weighted by Gasteiger charge is -2.26. The van der Waals surface area contributed by atoms with Gasteiger partial charge in [-0.1, -0.05) is 73.3 Å². The van der Waals surface area contributed by atoms with Crippen LogP contribution in [0.2, 0.25) is 0 Å². The highest BCUT2D eigenvalue weighted by Gasteiger charge is 2.14. The molecule has 0 aliphatic heterocycles.